The number of rotatable bonds is 2. The number of hydrogen-bond acceptors (Lipinski definition) is 2. The normalized spacial score (nSPS) is 51.4. The van der Waals surface area contributed by atoms with Crippen molar-refractivity contribution in [2.45, 2.75) is 51.0 Å². The predicted molar refractivity (Wildman–Crippen MR) is 63.5 cm³/mol. The van der Waals surface area contributed by atoms with E-state index in [-0.39, 0.29) is 6.09 Å². The molecule has 1 heterocycles. The third-order valence-corrected chi connectivity index (χ3v) is 5.58. The summed E-state index contributed by atoms with van der Waals surface area (Å²) in [5.74, 6) is 3.00. The van der Waals surface area contributed by atoms with Crippen molar-refractivity contribution in [3.63, 3.8) is 0 Å². The van der Waals surface area contributed by atoms with Crippen LogP contribution in [-0.2, 0) is 4.74 Å². The maximum absolute atomic E-state index is 11.1. The Morgan fingerprint density at radius 3 is 2.18 bits per heavy atom. The zero-order valence-electron chi connectivity index (χ0n) is 10.3. The highest BCUT2D eigenvalue weighted by molar-refractivity contribution is 5.69. The molecule has 1 N–H and O–H groups in total. The van der Waals surface area contributed by atoms with E-state index in [1.807, 2.05) is 0 Å². The zero-order valence-corrected chi connectivity index (χ0v) is 10.3. The predicted octanol–water partition coefficient (Wildman–Crippen LogP) is 2.70. The number of hydrogen-bond donors (Lipinski definition) is 1. The molecule has 0 aromatic heterocycles. The van der Waals surface area contributed by atoms with E-state index >= 15 is 0 Å². The van der Waals surface area contributed by atoms with Crippen molar-refractivity contribution in [2.75, 3.05) is 6.61 Å². The summed E-state index contributed by atoms with van der Waals surface area (Å²) >= 11 is 0. The van der Waals surface area contributed by atoms with Gasteiger partial charge in [0.1, 0.15) is 6.61 Å². The van der Waals surface area contributed by atoms with Crippen LogP contribution in [0.4, 0.5) is 4.79 Å². The summed E-state index contributed by atoms with van der Waals surface area (Å²) in [6, 6.07) is 0.291. The maximum Gasteiger partial charge on any atom is 0.407 e. The molecule has 0 radical (unpaired) electrons. The number of carbonyl (C=O) groups is 1. The second-order valence-electron chi connectivity index (χ2n) is 7.06. The molecule has 5 aliphatic rings. The van der Waals surface area contributed by atoms with E-state index in [2.05, 4.69) is 5.32 Å². The molecule has 4 saturated carbocycles. The first kappa shape index (κ1) is 10.2. The summed E-state index contributed by atoms with van der Waals surface area (Å²) < 4.78 is 5.03. The fourth-order valence-electron chi connectivity index (χ4n) is 5.60. The first-order chi connectivity index (χ1) is 8.21. The van der Waals surface area contributed by atoms with Crippen LogP contribution in [0.25, 0.3) is 0 Å². The average molecular weight is 235 g/mol. The first-order valence-electron chi connectivity index (χ1n) is 7.14. The molecule has 17 heavy (non-hydrogen) atoms. The van der Waals surface area contributed by atoms with E-state index in [0.717, 1.165) is 17.8 Å². The van der Waals surface area contributed by atoms with E-state index in [4.69, 9.17) is 4.74 Å². The van der Waals surface area contributed by atoms with Gasteiger partial charge >= 0.3 is 6.09 Å². The SMILES string of the molecule is O=C1NC(CC23CC4CC(CC(C4)C2)C3)CO1. The van der Waals surface area contributed by atoms with Gasteiger partial charge in [-0.15, -0.1) is 0 Å². The Bertz CT molecular complexity index is 317. The lowest BCUT2D eigenvalue weighted by Gasteiger charge is -2.57. The number of carbonyl (C=O) groups excluding carboxylic acids is 1. The summed E-state index contributed by atoms with van der Waals surface area (Å²) in [4.78, 5) is 11.1. The minimum Gasteiger partial charge on any atom is -0.447 e. The van der Waals surface area contributed by atoms with E-state index in [1.54, 1.807) is 0 Å². The van der Waals surface area contributed by atoms with Crippen molar-refractivity contribution < 1.29 is 9.53 Å². The van der Waals surface area contributed by atoms with Crippen molar-refractivity contribution in [1.82, 2.24) is 5.32 Å². The van der Waals surface area contributed by atoms with Crippen LogP contribution in [-0.4, -0.2) is 18.7 Å². The van der Waals surface area contributed by atoms with Gasteiger partial charge in [-0.05, 0) is 68.1 Å². The molecule has 1 aliphatic heterocycles. The van der Waals surface area contributed by atoms with E-state index in [0.29, 0.717) is 18.1 Å². The van der Waals surface area contributed by atoms with Crippen LogP contribution >= 0.6 is 0 Å². The standard InChI is InChI=1S/C14H21NO2/c16-13-15-12(8-17-13)7-14-4-9-1-10(5-14)3-11(2-9)6-14/h9-12H,1-8H2,(H,15,16). The maximum atomic E-state index is 11.1. The Kier molecular flexibility index (Phi) is 2.04. The Morgan fingerprint density at radius 2 is 1.71 bits per heavy atom. The molecule has 1 amide bonds. The van der Waals surface area contributed by atoms with E-state index < -0.39 is 0 Å². The monoisotopic (exact) mass is 235 g/mol. The minimum absolute atomic E-state index is 0.209. The lowest BCUT2D eigenvalue weighted by atomic mass is 9.48. The molecule has 3 nitrogen and oxygen atoms in total. The topological polar surface area (TPSA) is 38.3 Å². The highest BCUT2D eigenvalue weighted by Crippen LogP contribution is 2.61. The van der Waals surface area contributed by atoms with E-state index in [1.165, 1.54) is 44.9 Å². The van der Waals surface area contributed by atoms with Gasteiger partial charge in [0.25, 0.3) is 0 Å². The van der Waals surface area contributed by atoms with Crippen LogP contribution in [0, 0.1) is 23.2 Å². The summed E-state index contributed by atoms with van der Waals surface area (Å²) in [5, 5.41) is 2.97. The third-order valence-electron chi connectivity index (χ3n) is 5.58. The molecule has 1 saturated heterocycles. The van der Waals surface area contributed by atoms with Gasteiger partial charge in [-0.25, -0.2) is 4.79 Å². The van der Waals surface area contributed by atoms with Gasteiger partial charge in [-0.2, -0.15) is 0 Å². The molecule has 3 heteroatoms. The molecular weight excluding hydrogens is 214 g/mol. The van der Waals surface area contributed by atoms with Crippen molar-refractivity contribution in [3.8, 4) is 0 Å². The molecule has 0 spiro atoms. The van der Waals surface area contributed by atoms with Crippen LogP contribution in [0.3, 0.4) is 0 Å². The quantitative estimate of drug-likeness (QED) is 0.799. The largest absolute Gasteiger partial charge is 0.447 e. The number of alkyl carbamates (subject to hydrolysis) is 1. The van der Waals surface area contributed by atoms with Gasteiger partial charge in [0.15, 0.2) is 0 Å². The molecule has 1 unspecified atom stereocenters. The van der Waals surface area contributed by atoms with Gasteiger partial charge in [-0.1, -0.05) is 0 Å². The molecule has 0 aromatic carbocycles. The smallest absolute Gasteiger partial charge is 0.407 e. The van der Waals surface area contributed by atoms with Gasteiger partial charge in [0.05, 0.1) is 6.04 Å². The zero-order chi connectivity index (χ0) is 11.5. The van der Waals surface area contributed by atoms with Gasteiger partial charge < -0.3 is 10.1 Å². The first-order valence-corrected chi connectivity index (χ1v) is 7.14. The molecule has 4 bridgehead atoms. The minimum atomic E-state index is -0.209. The lowest BCUT2D eigenvalue weighted by Crippen LogP contribution is -2.48. The second kappa shape index (κ2) is 3.39. The lowest BCUT2D eigenvalue weighted by molar-refractivity contribution is -0.0614. The Morgan fingerprint density at radius 1 is 1.12 bits per heavy atom. The van der Waals surface area contributed by atoms with Crippen LogP contribution in [0.2, 0.25) is 0 Å². The fraction of sp³-hybridized carbons (Fsp3) is 0.929. The summed E-state index contributed by atoms with van der Waals surface area (Å²) in [5.41, 5.74) is 0.556. The second-order valence-corrected chi connectivity index (χ2v) is 7.06. The highest BCUT2D eigenvalue weighted by Gasteiger charge is 2.51. The molecule has 5 rings (SSSR count). The number of nitrogens with one attached hydrogen (secondary N) is 1. The summed E-state index contributed by atoms with van der Waals surface area (Å²) in [7, 11) is 0. The van der Waals surface area contributed by atoms with Crippen molar-refractivity contribution >= 4 is 6.09 Å². The fourth-order valence-corrected chi connectivity index (χ4v) is 5.60. The van der Waals surface area contributed by atoms with Crippen molar-refractivity contribution in [1.29, 1.82) is 0 Å². The molecule has 1 atom stereocenters. The van der Waals surface area contributed by atoms with Crippen LogP contribution in [0.5, 0.6) is 0 Å². The number of amides is 1. The number of ether oxygens (including phenoxy) is 1. The third kappa shape index (κ3) is 1.66. The van der Waals surface area contributed by atoms with Crippen molar-refractivity contribution in [3.05, 3.63) is 0 Å². The molecular formula is C14H21NO2. The van der Waals surface area contributed by atoms with Gasteiger partial charge in [-0.3, -0.25) is 0 Å². The molecule has 5 fully saturated rings. The Labute approximate surface area is 102 Å². The molecule has 0 aromatic rings. The van der Waals surface area contributed by atoms with Crippen LogP contribution in [0.15, 0.2) is 0 Å². The van der Waals surface area contributed by atoms with Gasteiger partial charge in [0.2, 0.25) is 0 Å². The average Bonchev–Trinajstić information content (AvgIpc) is 2.60. The van der Waals surface area contributed by atoms with Crippen LogP contribution in [0.1, 0.15) is 44.9 Å². The summed E-state index contributed by atoms with van der Waals surface area (Å²) in [6.45, 7) is 0.598. The van der Waals surface area contributed by atoms with Crippen LogP contribution < -0.4 is 5.32 Å². The molecule has 4 aliphatic carbocycles. The summed E-state index contributed by atoms with van der Waals surface area (Å²) in [6.07, 6.45) is 9.70. The number of cyclic esters (lactones) is 1. The van der Waals surface area contributed by atoms with Crippen molar-refractivity contribution in [2.24, 2.45) is 23.2 Å². The Balaban J connectivity index is 1.51. The van der Waals surface area contributed by atoms with Gasteiger partial charge in [0, 0.05) is 0 Å². The molecule has 94 valence electrons. The highest BCUT2D eigenvalue weighted by atomic mass is 16.6. The van der Waals surface area contributed by atoms with E-state index in [9.17, 15) is 4.79 Å². The Hall–Kier alpha value is -0.730.